The molecule has 0 N–H and O–H groups in total. The van der Waals surface area contributed by atoms with Crippen molar-refractivity contribution in [2.24, 2.45) is 0 Å². The molecule has 10 heteroatoms. The summed E-state index contributed by atoms with van der Waals surface area (Å²) < 4.78 is 18.3. The van der Waals surface area contributed by atoms with E-state index < -0.39 is 5.82 Å². The van der Waals surface area contributed by atoms with Gasteiger partial charge in [-0.15, -0.1) is 0 Å². The van der Waals surface area contributed by atoms with Gasteiger partial charge in [0.05, 0.1) is 35.2 Å². The van der Waals surface area contributed by atoms with Crippen molar-refractivity contribution in [1.82, 2.24) is 34.3 Å². The summed E-state index contributed by atoms with van der Waals surface area (Å²) in [6.07, 6.45) is 10.8. The smallest absolute Gasteiger partial charge is 0.155 e. The second-order valence-corrected chi connectivity index (χ2v) is 10.8. The average molecular weight is 539 g/mol. The molecule has 1 aliphatic heterocycles. The quantitative estimate of drug-likeness (QED) is 0.268. The van der Waals surface area contributed by atoms with Gasteiger partial charge in [0.25, 0.3) is 0 Å². The lowest BCUT2D eigenvalue weighted by Gasteiger charge is -2.36. The maximum atomic E-state index is 14.5. The molecule has 1 aliphatic rings. The Bertz CT molecular complexity index is 1660. The summed E-state index contributed by atoms with van der Waals surface area (Å²) >= 11 is 1.19. The van der Waals surface area contributed by atoms with Crippen LogP contribution >= 0.6 is 11.8 Å². The summed E-state index contributed by atoms with van der Waals surface area (Å²) in [6, 6.07) is 13.8. The summed E-state index contributed by atoms with van der Waals surface area (Å²) in [4.78, 5) is 11.9. The van der Waals surface area contributed by atoms with Crippen LogP contribution in [0.15, 0.2) is 77.3 Å². The Morgan fingerprint density at radius 3 is 2.64 bits per heavy atom. The molecule has 196 valence electrons. The van der Waals surface area contributed by atoms with Crippen LogP contribution < -0.4 is 0 Å². The van der Waals surface area contributed by atoms with E-state index in [1.165, 1.54) is 24.0 Å². The molecule has 0 unspecified atom stereocenters. The van der Waals surface area contributed by atoms with Crippen molar-refractivity contribution >= 4 is 17.3 Å². The van der Waals surface area contributed by atoms with Crippen LogP contribution in [0, 0.1) is 24.1 Å². The second-order valence-electron chi connectivity index (χ2n) is 9.73. The van der Waals surface area contributed by atoms with E-state index in [2.05, 4.69) is 50.6 Å². The highest BCUT2D eigenvalue weighted by atomic mass is 32.2. The first-order valence-corrected chi connectivity index (χ1v) is 13.7. The van der Waals surface area contributed by atoms with Crippen molar-refractivity contribution in [3.8, 4) is 17.2 Å². The molecule has 6 rings (SSSR count). The molecule has 0 saturated carbocycles. The Balaban J connectivity index is 1.28. The molecule has 0 aromatic carbocycles. The number of hydrogen-bond donors (Lipinski definition) is 0. The highest BCUT2D eigenvalue weighted by molar-refractivity contribution is 7.99. The zero-order valence-corrected chi connectivity index (χ0v) is 22.5. The molecule has 5 aromatic heterocycles. The van der Waals surface area contributed by atoms with Gasteiger partial charge in [-0.3, -0.25) is 14.6 Å². The Labute approximate surface area is 230 Å². The van der Waals surface area contributed by atoms with Crippen LogP contribution in [-0.4, -0.2) is 47.4 Å². The molecule has 1 atom stereocenters. The predicted octanol–water partition coefficient (Wildman–Crippen LogP) is 5.86. The van der Waals surface area contributed by atoms with Crippen LogP contribution in [0.25, 0.3) is 16.6 Å². The number of hydrogen-bond acceptors (Lipinski definition) is 7. The lowest BCUT2D eigenvalue weighted by Crippen LogP contribution is -2.37. The standard InChI is InChI=1S/C29H27FN8S/c1-19-24(17-35-38(19)23-8-12-36(13-9-23)20(2)26-7-3-4-10-32-26)21-14-27(39-29-25(30)6-5-11-33-29)28-22(15-31)16-34-37(28)18-21/h3-7,10-11,14,16-18,20,23H,8-9,12-13H2,1-2H3/t20-/m1/s1. The van der Waals surface area contributed by atoms with Crippen molar-refractivity contribution in [3.05, 3.63) is 90.2 Å². The van der Waals surface area contributed by atoms with Crippen LogP contribution in [0.4, 0.5) is 4.39 Å². The monoisotopic (exact) mass is 538 g/mol. The molecule has 0 amide bonds. The minimum atomic E-state index is -0.406. The molecule has 8 nitrogen and oxygen atoms in total. The van der Waals surface area contributed by atoms with Crippen molar-refractivity contribution in [2.45, 2.75) is 48.7 Å². The van der Waals surface area contributed by atoms with Gasteiger partial charge in [-0.1, -0.05) is 17.8 Å². The molecular formula is C29H27FN8S. The minimum Gasteiger partial charge on any atom is -0.295 e. The fraction of sp³-hybridized carbons (Fsp3) is 0.276. The summed E-state index contributed by atoms with van der Waals surface area (Å²) in [5, 5.41) is 19.1. The summed E-state index contributed by atoms with van der Waals surface area (Å²) in [5.74, 6) is -0.406. The molecule has 39 heavy (non-hydrogen) atoms. The van der Waals surface area contributed by atoms with E-state index in [4.69, 9.17) is 5.10 Å². The fourth-order valence-corrected chi connectivity index (χ4v) is 6.32. The van der Waals surface area contributed by atoms with Gasteiger partial charge in [0.15, 0.2) is 5.82 Å². The zero-order valence-electron chi connectivity index (χ0n) is 21.7. The average Bonchev–Trinajstić information content (AvgIpc) is 3.57. The van der Waals surface area contributed by atoms with Gasteiger partial charge in [0, 0.05) is 59.4 Å². The SMILES string of the molecule is Cc1c(-c2cc(Sc3ncccc3F)c3c(C#N)cnn3c2)cnn1C1CCN([C@H](C)c2ccccn2)CC1. The van der Waals surface area contributed by atoms with E-state index in [1.54, 1.807) is 16.8 Å². The van der Waals surface area contributed by atoms with Gasteiger partial charge in [-0.25, -0.2) is 13.9 Å². The predicted molar refractivity (Wildman–Crippen MR) is 147 cm³/mol. The van der Waals surface area contributed by atoms with Gasteiger partial charge < -0.3 is 0 Å². The first kappa shape index (κ1) is 25.2. The number of pyridine rings is 3. The number of rotatable bonds is 6. The van der Waals surface area contributed by atoms with Gasteiger partial charge in [0.1, 0.15) is 11.1 Å². The van der Waals surface area contributed by atoms with E-state index in [9.17, 15) is 9.65 Å². The fourth-order valence-electron chi connectivity index (χ4n) is 5.34. The summed E-state index contributed by atoms with van der Waals surface area (Å²) in [6.45, 7) is 6.26. The number of halogens is 1. The van der Waals surface area contributed by atoms with Crippen LogP contribution in [-0.2, 0) is 0 Å². The van der Waals surface area contributed by atoms with Gasteiger partial charge in [-0.2, -0.15) is 15.5 Å². The van der Waals surface area contributed by atoms with E-state index in [0.717, 1.165) is 48.4 Å². The Morgan fingerprint density at radius 2 is 1.90 bits per heavy atom. The molecule has 5 aromatic rings. The van der Waals surface area contributed by atoms with Crippen LogP contribution in [0.3, 0.4) is 0 Å². The van der Waals surface area contributed by atoms with Crippen LogP contribution in [0.1, 0.15) is 48.8 Å². The Morgan fingerprint density at radius 1 is 1.08 bits per heavy atom. The highest BCUT2D eigenvalue weighted by Crippen LogP contribution is 2.37. The topological polar surface area (TPSA) is 87.9 Å². The third-order valence-electron chi connectivity index (χ3n) is 7.49. The van der Waals surface area contributed by atoms with Crippen LogP contribution in [0.2, 0.25) is 0 Å². The molecule has 0 bridgehead atoms. The third kappa shape index (κ3) is 4.80. The molecule has 0 radical (unpaired) electrons. The van der Waals surface area contributed by atoms with E-state index in [1.807, 2.05) is 36.8 Å². The van der Waals surface area contributed by atoms with Crippen molar-refractivity contribution in [3.63, 3.8) is 0 Å². The van der Waals surface area contributed by atoms with Gasteiger partial charge >= 0.3 is 0 Å². The number of aromatic nitrogens is 6. The Kier molecular flexibility index (Phi) is 6.85. The second kappa shape index (κ2) is 10.6. The lowest BCUT2D eigenvalue weighted by atomic mass is 10.0. The number of nitriles is 1. The van der Waals surface area contributed by atoms with Crippen molar-refractivity contribution in [1.29, 1.82) is 5.26 Å². The maximum Gasteiger partial charge on any atom is 0.155 e. The zero-order chi connectivity index (χ0) is 26.9. The summed E-state index contributed by atoms with van der Waals surface area (Å²) in [5.41, 5.74) is 5.12. The first-order chi connectivity index (χ1) is 19.0. The molecular weight excluding hydrogens is 511 g/mol. The lowest BCUT2D eigenvalue weighted by molar-refractivity contribution is 0.136. The number of piperidine rings is 1. The first-order valence-electron chi connectivity index (χ1n) is 12.9. The molecule has 0 spiro atoms. The molecule has 1 saturated heterocycles. The Hall–Kier alpha value is -4.07. The van der Waals surface area contributed by atoms with Crippen molar-refractivity contribution < 1.29 is 4.39 Å². The number of fused-ring (bicyclic) bond motifs is 1. The molecule has 0 aliphatic carbocycles. The third-order valence-corrected chi connectivity index (χ3v) is 8.52. The molecule has 1 fully saturated rings. The summed E-state index contributed by atoms with van der Waals surface area (Å²) in [7, 11) is 0. The normalized spacial score (nSPS) is 15.4. The highest BCUT2D eigenvalue weighted by Gasteiger charge is 2.27. The number of likely N-dealkylation sites (tertiary alicyclic amines) is 1. The largest absolute Gasteiger partial charge is 0.295 e. The van der Waals surface area contributed by atoms with E-state index in [-0.39, 0.29) is 11.1 Å². The maximum absolute atomic E-state index is 14.5. The van der Waals surface area contributed by atoms with E-state index >= 15 is 0 Å². The van der Waals surface area contributed by atoms with Gasteiger partial charge in [0.2, 0.25) is 0 Å². The molecule has 6 heterocycles. The van der Waals surface area contributed by atoms with Crippen molar-refractivity contribution in [2.75, 3.05) is 13.1 Å². The number of nitrogens with zero attached hydrogens (tertiary/aromatic N) is 8. The van der Waals surface area contributed by atoms with E-state index in [0.29, 0.717) is 22.0 Å². The van der Waals surface area contributed by atoms with Crippen LogP contribution in [0.5, 0.6) is 0 Å². The van der Waals surface area contributed by atoms with Gasteiger partial charge in [-0.05, 0) is 57.0 Å². The minimum absolute atomic E-state index is 0.251.